The predicted octanol–water partition coefficient (Wildman–Crippen LogP) is 6.30. The molecule has 0 bridgehead atoms. The molecular formula is C30H33ClF3N3O4S. The van der Waals surface area contributed by atoms with E-state index in [2.05, 4.69) is 36.1 Å². The summed E-state index contributed by atoms with van der Waals surface area (Å²) in [6, 6.07) is 14.8. The molecule has 3 N–H and O–H groups in total. The number of alkyl halides is 3. The number of amides is 1. The van der Waals surface area contributed by atoms with Crippen molar-refractivity contribution in [3.63, 3.8) is 0 Å². The van der Waals surface area contributed by atoms with Gasteiger partial charge in [0, 0.05) is 30.5 Å². The molecule has 3 aromatic carbocycles. The minimum atomic E-state index is -4.77. The summed E-state index contributed by atoms with van der Waals surface area (Å²) in [6.45, 7) is 7.25. The molecule has 1 heterocycles. The Kier molecular flexibility index (Phi) is 9.56. The third-order valence-electron chi connectivity index (χ3n) is 6.71. The van der Waals surface area contributed by atoms with Gasteiger partial charge in [0.2, 0.25) is 15.9 Å². The second-order valence-corrected chi connectivity index (χ2v) is 13.3. The van der Waals surface area contributed by atoms with Gasteiger partial charge < -0.3 is 15.4 Å². The van der Waals surface area contributed by atoms with Crippen LogP contribution in [0.25, 0.3) is 0 Å². The zero-order valence-corrected chi connectivity index (χ0v) is 25.0. The lowest BCUT2D eigenvalue weighted by Crippen LogP contribution is -2.37. The molecule has 1 aliphatic rings. The number of carbonyl (C=O) groups is 1. The first-order valence-corrected chi connectivity index (χ1v) is 15.2. The second-order valence-electron chi connectivity index (χ2n) is 11.2. The molecule has 0 aliphatic carbocycles. The van der Waals surface area contributed by atoms with Crippen LogP contribution in [-0.4, -0.2) is 26.5 Å². The summed E-state index contributed by atoms with van der Waals surface area (Å²) in [5, 5.41) is 6.02. The van der Waals surface area contributed by atoms with E-state index in [1.54, 1.807) is 30.3 Å². The fourth-order valence-electron chi connectivity index (χ4n) is 4.55. The van der Waals surface area contributed by atoms with Gasteiger partial charge in [0.1, 0.15) is 10.6 Å². The molecule has 1 amide bonds. The lowest BCUT2D eigenvalue weighted by molar-refractivity contribution is -0.137. The van der Waals surface area contributed by atoms with E-state index in [0.29, 0.717) is 43.0 Å². The summed E-state index contributed by atoms with van der Waals surface area (Å²) >= 11 is 6.01. The molecule has 4 rings (SSSR count). The van der Waals surface area contributed by atoms with Gasteiger partial charge in [-0.05, 0) is 56.2 Å². The molecule has 226 valence electrons. The first-order chi connectivity index (χ1) is 19.6. The van der Waals surface area contributed by atoms with Crippen molar-refractivity contribution in [2.24, 2.45) is 0 Å². The molecule has 0 saturated heterocycles. The highest BCUT2D eigenvalue weighted by Gasteiger charge is 2.34. The Morgan fingerprint density at radius 3 is 2.43 bits per heavy atom. The molecule has 0 aromatic heterocycles. The lowest BCUT2D eigenvalue weighted by atomic mass is 9.97. The van der Waals surface area contributed by atoms with E-state index >= 15 is 0 Å². The van der Waals surface area contributed by atoms with Crippen LogP contribution >= 0.6 is 11.6 Å². The van der Waals surface area contributed by atoms with Crippen molar-refractivity contribution in [3.05, 3.63) is 94.0 Å². The molecule has 0 unspecified atom stereocenters. The van der Waals surface area contributed by atoms with E-state index in [4.69, 9.17) is 16.3 Å². The zero-order valence-electron chi connectivity index (χ0n) is 23.4. The van der Waals surface area contributed by atoms with Crippen molar-refractivity contribution in [2.75, 3.05) is 6.61 Å². The summed E-state index contributed by atoms with van der Waals surface area (Å²) in [5.41, 5.74) is 1.08. The Morgan fingerprint density at radius 1 is 1.05 bits per heavy atom. The standard InChI is InChI=1S/C30H33ClF3N3O4S/c1-29(2,3)35-18-19-9-11-22-24(13-14-41-26(22)15-19)36-28(38)17-25(20-7-5-4-6-8-20)37-42(39,40)27-16-21(30(32,33)34)10-12-23(27)31/h4-12,15-16,24-25,35,37H,13-14,17-18H2,1-3H3,(H,36,38)/t24-,25-/m1/s1. The van der Waals surface area contributed by atoms with E-state index in [1.165, 1.54) is 0 Å². The minimum Gasteiger partial charge on any atom is -0.493 e. The molecule has 0 saturated carbocycles. The van der Waals surface area contributed by atoms with E-state index < -0.39 is 38.6 Å². The van der Waals surface area contributed by atoms with Gasteiger partial charge in [0.25, 0.3) is 0 Å². The number of hydrogen-bond acceptors (Lipinski definition) is 5. The highest BCUT2D eigenvalue weighted by atomic mass is 35.5. The van der Waals surface area contributed by atoms with E-state index in [-0.39, 0.29) is 23.0 Å². The van der Waals surface area contributed by atoms with Crippen LogP contribution in [0.3, 0.4) is 0 Å². The number of halogens is 4. The largest absolute Gasteiger partial charge is 0.493 e. The second kappa shape index (κ2) is 12.6. The number of carbonyl (C=O) groups excluding carboxylic acids is 1. The van der Waals surface area contributed by atoms with Crippen molar-refractivity contribution in [2.45, 2.75) is 68.9 Å². The third kappa shape index (κ3) is 8.25. The number of sulfonamides is 1. The Balaban J connectivity index is 1.53. The summed E-state index contributed by atoms with van der Waals surface area (Å²) in [5.74, 6) is 0.220. The van der Waals surface area contributed by atoms with E-state index in [0.717, 1.165) is 17.2 Å². The smallest absolute Gasteiger partial charge is 0.416 e. The van der Waals surface area contributed by atoms with Crippen molar-refractivity contribution < 1.29 is 31.1 Å². The normalized spacial score (nSPS) is 16.3. The summed E-state index contributed by atoms with van der Waals surface area (Å²) < 4.78 is 74.7. The van der Waals surface area contributed by atoms with Gasteiger partial charge in [-0.3, -0.25) is 4.79 Å². The molecule has 0 fully saturated rings. The lowest BCUT2D eigenvalue weighted by Gasteiger charge is -2.28. The molecule has 42 heavy (non-hydrogen) atoms. The third-order valence-corrected chi connectivity index (χ3v) is 8.67. The van der Waals surface area contributed by atoms with Gasteiger partial charge in [0.05, 0.1) is 29.3 Å². The Labute approximate surface area is 248 Å². The van der Waals surface area contributed by atoms with Crippen LogP contribution in [-0.2, 0) is 27.5 Å². The molecule has 3 aromatic rings. The van der Waals surface area contributed by atoms with Crippen LogP contribution in [0.2, 0.25) is 5.02 Å². The molecule has 1 aliphatic heterocycles. The van der Waals surface area contributed by atoms with Crippen LogP contribution in [0.4, 0.5) is 13.2 Å². The molecule has 0 spiro atoms. The number of nitrogens with one attached hydrogen (secondary N) is 3. The van der Waals surface area contributed by atoms with Gasteiger partial charge in [-0.15, -0.1) is 0 Å². The highest BCUT2D eigenvalue weighted by molar-refractivity contribution is 7.89. The van der Waals surface area contributed by atoms with Crippen molar-refractivity contribution >= 4 is 27.5 Å². The van der Waals surface area contributed by atoms with Crippen LogP contribution in [0.1, 0.15) is 68.0 Å². The SMILES string of the molecule is CC(C)(C)NCc1ccc2c(c1)OCC[C@H]2NC(=O)C[C@@H](NS(=O)(=O)c1cc(C(F)(F)F)ccc1Cl)c1ccccc1. The monoisotopic (exact) mass is 623 g/mol. The summed E-state index contributed by atoms with van der Waals surface area (Å²) in [7, 11) is -4.56. The maximum absolute atomic E-state index is 13.3. The first-order valence-electron chi connectivity index (χ1n) is 13.4. The number of fused-ring (bicyclic) bond motifs is 1. The van der Waals surface area contributed by atoms with Gasteiger partial charge >= 0.3 is 6.18 Å². The fourth-order valence-corrected chi connectivity index (χ4v) is 6.30. The molecule has 7 nitrogen and oxygen atoms in total. The van der Waals surface area contributed by atoms with Crippen molar-refractivity contribution in [3.8, 4) is 5.75 Å². The van der Waals surface area contributed by atoms with Gasteiger partial charge in [0.15, 0.2) is 0 Å². The van der Waals surface area contributed by atoms with Crippen LogP contribution < -0.4 is 20.1 Å². The van der Waals surface area contributed by atoms with Crippen LogP contribution in [0, 0.1) is 0 Å². The van der Waals surface area contributed by atoms with Gasteiger partial charge in [-0.25, -0.2) is 13.1 Å². The van der Waals surface area contributed by atoms with Crippen molar-refractivity contribution in [1.29, 1.82) is 0 Å². The topological polar surface area (TPSA) is 96.5 Å². The average molecular weight is 624 g/mol. The van der Waals surface area contributed by atoms with Crippen molar-refractivity contribution in [1.82, 2.24) is 15.4 Å². The molecule has 12 heteroatoms. The van der Waals surface area contributed by atoms with Crippen LogP contribution in [0.15, 0.2) is 71.6 Å². The number of hydrogen-bond donors (Lipinski definition) is 3. The molecule has 2 atom stereocenters. The number of benzene rings is 3. The first kappa shape index (κ1) is 31.8. The van der Waals surface area contributed by atoms with Gasteiger partial charge in [-0.2, -0.15) is 13.2 Å². The van der Waals surface area contributed by atoms with Gasteiger partial charge in [-0.1, -0.05) is 54.1 Å². The quantitative estimate of drug-likeness (QED) is 0.260. The Morgan fingerprint density at radius 2 is 1.76 bits per heavy atom. The average Bonchev–Trinajstić information content (AvgIpc) is 2.91. The molecule has 0 radical (unpaired) electrons. The van der Waals surface area contributed by atoms with E-state index in [9.17, 15) is 26.4 Å². The summed E-state index contributed by atoms with van der Waals surface area (Å²) in [4.78, 5) is 12.6. The maximum Gasteiger partial charge on any atom is 0.416 e. The van der Waals surface area contributed by atoms with Crippen LogP contribution in [0.5, 0.6) is 5.75 Å². The Bertz CT molecular complexity index is 1530. The Hall–Kier alpha value is -3.12. The van der Waals surface area contributed by atoms with E-state index in [1.807, 2.05) is 18.2 Å². The minimum absolute atomic E-state index is 0.0590. The highest BCUT2D eigenvalue weighted by Crippen LogP contribution is 2.35. The summed E-state index contributed by atoms with van der Waals surface area (Å²) in [6.07, 6.45) is -4.56. The predicted molar refractivity (Wildman–Crippen MR) is 155 cm³/mol. The maximum atomic E-state index is 13.3. The number of ether oxygens (including phenoxy) is 1. The fraction of sp³-hybridized carbons (Fsp3) is 0.367. The molecular weight excluding hydrogens is 591 g/mol. The zero-order chi connectivity index (χ0) is 30.7. The number of rotatable bonds is 9.